The van der Waals surface area contributed by atoms with Gasteiger partial charge in [-0.1, -0.05) is 12.1 Å². The van der Waals surface area contributed by atoms with E-state index in [0.717, 1.165) is 16.2 Å². The molecule has 0 radical (unpaired) electrons. The molecule has 2 heterocycles. The Bertz CT molecular complexity index is 1290. The number of rotatable bonds is 7. The summed E-state index contributed by atoms with van der Waals surface area (Å²) in [6.07, 6.45) is 0.385. The van der Waals surface area contributed by atoms with Crippen LogP contribution in [0.25, 0.3) is 0 Å². The van der Waals surface area contributed by atoms with Crippen LogP contribution < -0.4 is 14.8 Å². The highest BCUT2D eigenvalue weighted by Crippen LogP contribution is 2.25. The van der Waals surface area contributed by atoms with Crippen LogP contribution >= 0.6 is 0 Å². The van der Waals surface area contributed by atoms with E-state index in [0.29, 0.717) is 23.4 Å². The molecule has 3 aromatic rings. The fourth-order valence-electron chi connectivity index (χ4n) is 3.48. The Labute approximate surface area is 195 Å². The van der Waals surface area contributed by atoms with Gasteiger partial charge < -0.3 is 14.0 Å². The first-order valence-corrected chi connectivity index (χ1v) is 10.4. The van der Waals surface area contributed by atoms with E-state index in [9.17, 15) is 14.4 Å². The monoisotopic (exact) mass is 461 g/mol. The van der Waals surface area contributed by atoms with Gasteiger partial charge in [0.05, 0.1) is 19.9 Å². The van der Waals surface area contributed by atoms with Crippen molar-refractivity contribution in [3.8, 4) is 11.5 Å². The molecule has 10 heteroatoms. The number of amidine groups is 1. The summed E-state index contributed by atoms with van der Waals surface area (Å²) in [5, 5.41) is 2.42. The van der Waals surface area contributed by atoms with Gasteiger partial charge in [-0.2, -0.15) is 4.99 Å². The minimum Gasteiger partial charge on any atom is -0.497 e. The summed E-state index contributed by atoms with van der Waals surface area (Å²) in [5.41, 5.74) is 2.17. The van der Waals surface area contributed by atoms with E-state index in [2.05, 4.69) is 15.3 Å². The highest BCUT2D eigenvalue weighted by molar-refractivity contribution is 6.47. The lowest BCUT2D eigenvalue weighted by Gasteiger charge is -2.08. The highest BCUT2D eigenvalue weighted by atomic mass is 16.5. The number of ether oxygens (including phenoxy) is 2. The van der Waals surface area contributed by atoms with Crippen LogP contribution in [-0.4, -0.2) is 59.3 Å². The lowest BCUT2D eigenvalue weighted by atomic mass is 10.0. The zero-order chi connectivity index (χ0) is 24.4. The van der Waals surface area contributed by atoms with E-state index in [1.54, 1.807) is 50.1 Å². The van der Waals surface area contributed by atoms with Gasteiger partial charge in [0.25, 0.3) is 5.91 Å². The molecule has 2 aromatic carbocycles. The molecular weight excluding hydrogens is 438 g/mol. The van der Waals surface area contributed by atoms with Crippen molar-refractivity contribution >= 4 is 29.5 Å². The number of nitrogens with zero attached hydrogens (tertiary/aromatic N) is 4. The van der Waals surface area contributed by atoms with Crippen LogP contribution in [0.15, 0.2) is 53.5 Å². The summed E-state index contributed by atoms with van der Waals surface area (Å²) in [5.74, 6) is 0.442. The van der Waals surface area contributed by atoms with Crippen molar-refractivity contribution in [2.75, 3.05) is 21.3 Å². The van der Waals surface area contributed by atoms with E-state index < -0.39 is 11.9 Å². The van der Waals surface area contributed by atoms with Gasteiger partial charge in [-0.25, -0.2) is 9.78 Å². The second kappa shape index (κ2) is 9.18. The topological polar surface area (TPSA) is 115 Å². The fourth-order valence-corrected chi connectivity index (χ4v) is 3.48. The van der Waals surface area contributed by atoms with Gasteiger partial charge >= 0.3 is 6.03 Å². The molecule has 10 nitrogen and oxygen atoms in total. The molecule has 1 fully saturated rings. The Morgan fingerprint density at radius 2 is 1.56 bits per heavy atom. The van der Waals surface area contributed by atoms with Crippen LogP contribution in [-0.2, 0) is 18.3 Å². The molecule has 0 saturated carbocycles. The number of hydrogen-bond donors (Lipinski definition) is 1. The van der Waals surface area contributed by atoms with Crippen LogP contribution in [0.2, 0.25) is 0 Å². The lowest BCUT2D eigenvalue weighted by Crippen LogP contribution is -2.25. The molecule has 0 aliphatic carbocycles. The number of imide groups is 1. The molecule has 3 amide bonds. The quantitative estimate of drug-likeness (QED) is 0.427. The SMILES string of the molecule is COc1ccc(Cc2c(C(=O)c3ccc(OC)cc3)nc(/N=C3/NC(=O)N(C)C3=O)n2C)cc1. The molecule has 0 spiro atoms. The maximum Gasteiger partial charge on any atom is 0.329 e. The fraction of sp³-hybridized carbons (Fsp3) is 0.208. The minimum atomic E-state index is -0.578. The first-order chi connectivity index (χ1) is 16.3. The minimum absolute atomic E-state index is 0.124. The van der Waals surface area contributed by atoms with E-state index in [1.165, 1.54) is 7.05 Å². The number of nitrogens with one attached hydrogen (secondary N) is 1. The smallest absolute Gasteiger partial charge is 0.329 e. The van der Waals surface area contributed by atoms with Gasteiger partial charge in [0, 0.05) is 26.1 Å². The maximum atomic E-state index is 13.4. The van der Waals surface area contributed by atoms with Crippen molar-refractivity contribution in [2.45, 2.75) is 6.42 Å². The standard InChI is InChI=1S/C24H23N5O5/c1-28-18(13-14-5-9-16(33-3)10-6-14)19(20(30)15-7-11-17(34-4)12-8-15)25-23(28)26-21-22(31)29(2)24(32)27-21/h5-12H,13H2,1-4H3,(H,25,26,27,32). The summed E-state index contributed by atoms with van der Waals surface area (Å²) < 4.78 is 12.0. The molecule has 0 unspecified atom stereocenters. The Balaban J connectivity index is 1.77. The van der Waals surface area contributed by atoms with E-state index in [-0.39, 0.29) is 23.3 Å². The van der Waals surface area contributed by atoms with Crippen molar-refractivity contribution in [3.63, 3.8) is 0 Å². The Morgan fingerprint density at radius 1 is 0.971 bits per heavy atom. The summed E-state index contributed by atoms with van der Waals surface area (Å²) in [4.78, 5) is 47.1. The number of carbonyl (C=O) groups is 3. The van der Waals surface area contributed by atoms with Crippen LogP contribution in [0.5, 0.6) is 11.5 Å². The predicted octanol–water partition coefficient (Wildman–Crippen LogP) is 2.47. The molecule has 1 N–H and O–H groups in total. The Morgan fingerprint density at radius 3 is 2.09 bits per heavy atom. The van der Waals surface area contributed by atoms with E-state index in [4.69, 9.17) is 9.47 Å². The predicted molar refractivity (Wildman–Crippen MR) is 124 cm³/mol. The number of methoxy groups -OCH3 is 2. The number of urea groups is 1. The summed E-state index contributed by atoms with van der Waals surface area (Å²) in [6, 6.07) is 13.6. The molecule has 1 aliphatic heterocycles. The molecule has 4 rings (SSSR count). The average Bonchev–Trinajstić information content (AvgIpc) is 3.29. The van der Waals surface area contributed by atoms with Crippen LogP contribution in [0, 0.1) is 0 Å². The normalized spacial score (nSPS) is 14.5. The molecule has 1 aliphatic rings. The first-order valence-electron chi connectivity index (χ1n) is 10.4. The average molecular weight is 461 g/mol. The molecule has 1 saturated heterocycles. The number of aromatic nitrogens is 2. The number of hydrogen-bond acceptors (Lipinski definition) is 7. The van der Waals surface area contributed by atoms with Crippen molar-refractivity contribution in [1.29, 1.82) is 0 Å². The first kappa shape index (κ1) is 22.7. The van der Waals surface area contributed by atoms with Gasteiger partial charge in [-0.15, -0.1) is 0 Å². The Kier molecular flexibility index (Phi) is 6.13. The second-order valence-corrected chi connectivity index (χ2v) is 7.60. The largest absolute Gasteiger partial charge is 0.497 e. The summed E-state index contributed by atoms with van der Waals surface area (Å²) in [6.45, 7) is 0. The van der Waals surface area contributed by atoms with E-state index >= 15 is 0 Å². The Hall–Kier alpha value is -4.47. The summed E-state index contributed by atoms with van der Waals surface area (Å²) in [7, 11) is 6.20. The number of likely N-dealkylation sites (N-methyl/N-ethyl adjacent to an activating group) is 1. The molecule has 0 atom stereocenters. The van der Waals surface area contributed by atoms with Crippen molar-refractivity contribution < 1.29 is 23.9 Å². The summed E-state index contributed by atoms with van der Waals surface area (Å²) >= 11 is 0. The number of amides is 3. The number of benzene rings is 2. The molecule has 1 aromatic heterocycles. The van der Waals surface area contributed by atoms with Crippen molar-refractivity contribution in [3.05, 3.63) is 71.0 Å². The van der Waals surface area contributed by atoms with Gasteiger partial charge in [0.1, 0.15) is 17.2 Å². The number of aliphatic imine (C=N–C) groups is 1. The van der Waals surface area contributed by atoms with Crippen LogP contribution in [0.4, 0.5) is 10.7 Å². The maximum absolute atomic E-state index is 13.4. The molecule has 34 heavy (non-hydrogen) atoms. The van der Waals surface area contributed by atoms with Crippen LogP contribution in [0.1, 0.15) is 27.3 Å². The lowest BCUT2D eigenvalue weighted by molar-refractivity contribution is -0.119. The third-order valence-electron chi connectivity index (χ3n) is 5.54. The second-order valence-electron chi connectivity index (χ2n) is 7.60. The van der Waals surface area contributed by atoms with Gasteiger partial charge in [-0.3, -0.25) is 19.8 Å². The third kappa shape index (κ3) is 4.25. The van der Waals surface area contributed by atoms with Crippen LogP contribution in [0.3, 0.4) is 0 Å². The zero-order valence-corrected chi connectivity index (χ0v) is 19.2. The number of imidazole rings is 1. The van der Waals surface area contributed by atoms with E-state index in [1.807, 2.05) is 24.3 Å². The van der Waals surface area contributed by atoms with Gasteiger partial charge in [0.15, 0.2) is 0 Å². The van der Waals surface area contributed by atoms with Crippen molar-refractivity contribution in [2.24, 2.45) is 12.0 Å². The number of ketones is 1. The zero-order valence-electron chi connectivity index (χ0n) is 19.2. The van der Waals surface area contributed by atoms with Crippen molar-refractivity contribution in [1.82, 2.24) is 19.8 Å². The third-order valence-corrected chi connectivity index (χ3v) is 5.54. The molecule has 174 valence electrons. The van der Waals surface area contributed by atoms with Gasteiger partial charge in [-0.05, 0) is 42.0 Å². The molecule has 0 bridgehead atoms. The van der Waals surface area contributed by atoms with Gasteiger partial charge in [0.2, 0.25) is 17.6 Å². The molecular formula is C24H23N5O5. The number of carbonyl (C=O) groups excluding carboxylic acids is 3. The highest BCUT2D eigenvalue weighted by Gasteiger charge is 2.33.